The van der Waals surface area contributed by atoms with Gasteiger partial charge in [-0.15, -0.1) is 0 Å². The maximum atomic E-state index is 13.4. The standard InChI is InChI=1S/C25H26F3N7/c1-13-10-29-7-6-18(13)32-24-21-17(14-3-2-4-14)11-30-12-19(21)33-23(35-24)15-5-8-31-22-16(15)9-20(34-22)25(26,27)28/h5,8-9,11-14,18,29H,2-4,6-7,10H2,1H3,(H,31,34)(H,32,33,35)/t13-,18+/m1/s1. The van der Waals surface area contributed by atoms with Crippen LogP contribution >= 0.6 is 0 Å². The van der Waals surface area contributed by atoms with E-state index in [9.17, 15) is 13.2 Å². The number of halogens is 3. The topological polar surface area (TPSA) is 91.4 Å². The first kappa shape index (κ1) is 22.2. The highest BCUT2D eigenvalue weighted by atomic mass is 19.4. The first-order valence-electron chi connectivity index (χ1n) is 12.1. The van der Waals surface area contributed by atoms with E-state index in [1.165, 1.54) is 12.6 Å². The average Bonchev–Trinajstić information content (AvgIpc) is 3.25. The van der Waals surface area contributed by atoms with Crippen molar-refractivity contribution in [2.45, 2.75) is 50.7 Å². The molecule has 0 aromatic carbocycles. The number of fused-ring (bicyclic) bond motifs is 2. The zero-order valence-electron chi connectivity index (χ0n) is 19.3. The molecule has 0 bridgehead atoms. The fraction of sp³-hybridized carbons (Fsp3) is 0.440. The third kappa shape index (κ3) is 3.99. The number of H-pyrrole nitrogens is 1. The van der Waals surface area contributed by atoms with Crippen molar-refractivity contribution in [2.75, 3.05) is 18.4 Å². The molecule has 4 aromatic rings. The van der Waals surface area contributed by atoms with E-state index in [1.54, 1.807) is 12.3 Å². The SMILES string of the molecule is C[C@@H]1CNCC[C@@H]1Nc1nc(-c2ccnc3[nH]c(C(F)(F)F)cc23)nc2cncc(C3CCC3)c12. The van der Waals surface area contributed by atoms with Crippen LogP contribution in [0.25, 0.3) is 33.3 Å². The maximum Gasteiger partial charge on any atom is 0.431 e. The lowest BCUT2D eigenvalue weighted by molar-refractivity contribution is -0.140. The Balaban J connectivity index is 1.53. The number of nitrogens with zero attached hydrogens (tertiary/aromatic N) is 4. The van der Waals surface area contributed by atoms with Crippen LogP contribution in [-0.2, 0) is 6.18 Å². The van der Waals surface area contributed by atoms with Crippen LogP contribution in [0.2, 0.25) is 0 Å². The highest BCUT2D eigenvalue weighted by molar-refractivity contribution is 5.97. The number of rotatable bonds is 4. The van der Waals surface area contributed by atoms with Gasteiger partial charge in [0.05, 0.1) is 11.7 Å². The Morgan fingerprint density at radius 1 is 1.11 bits per heavy atom. The second-order valence-electron chi connectivity index (χ2n) is 9.67. The van der Waals surface area contributed by atoms with E-state index in [2.05, 4.69) is 32.5 Å². The van der Waals surface area contributed by atoms with Gasteiger partial charge in [0.15, 0.2) is 5.82 Å². The lowest BCUT2D eigenvalue weighted by Gasteiger charge is -2.32. The minimum absolute atomic E-state index is 0.154. The summed E-state index contributed by atoms with van der Waals surface area (Å²) in [7, 11) is 0. The Morgan fingerprint density at radius 3 is 2.71 bits per heavy atom. The van der Waals surface area contributed by atoms with E-state index >= 15 is 0 Å². The third-order valence-electron chi connectivity index (χ3n) is 7.37. The van der Waals surface area contributed by atoms with E-state index < -0.39 is 11.9 Å². The highest BCUT2D eigenvalue weighted by Gasteiger charge is 2.33. The van der Waals surface area contributed by atoms with Gasteiger partial charge in [-0.1, -0.05) is 13.3 Å². The maximum absolute atomic E-state index is 13.4. The molecule has 35 heavy (non-hydrogen) atoms. The summed E-state index contributed by atoms with van der Waals surface area (Å²) in [6, 6.07) is 2.97. The van der Waals surface area contributed by atoms with Crippen LogP contribution in [0, 0.1) is 5.92 Å². The Morgan fingerprint density at radius 2 is 1.97 bits per heavy atom. The molecule has 182 valence electrons. The van der Waals surface area contributed by atoms with E-state index in [-0.39, 0.29) is 11.7 Å². The van der Waals surface area contributed by atoms with Crippen LogP contribution in [0.4, 0.5) is 19.0 Å². The second kappa shape index (κ2) is 8.44. The van der Waals surface area contributed by atoms with Crippen LogP contribution in [0.1, 0.15) is 49.8 Å². The Kier molecular flexibility index (Phi) is 5.36. The van der Waals surface area contributed by atoms with Gasteiger partial charge in [-0.3, -0.25) is 4.98 Å². The lowest BCUT2D eigenvalue weighted by atomic mass is 9.79. The van der Waals surface area contributed by atoms with Gasteiger partial charge in [0.25, 0.3) is 0 Å². The van der Waals surface area contributed by atoms with Crippen molar-refractivity contribution in [3.05, 3.63) is 42.0 Å². The molecule has 0 amide bonds. The van der Waals surface area contributed by atoms with Gasteiger partial charge < -0.3 is 15.6 Å². The van der Waals surface area contributed by atoms with Crippen LogP contribution < -0.4 is 10.6 Å². The quantitative estimate of drug-likeness (QED) is 0.368. The van der Waals surface area contributed by atoms with Gasteiger partial charge in [-0.2, -0.15) is 13.2 Å². The van der Waals surface area contributed by atoms with Gasteiger partial charge >= 0.3 is 6.18 Å². The predicted molar refractivity (Wildman–Crippen MR) is 128 cm³/mol. The van der Waals surface area contributed by atoms with Crippen molar-refractivity contribution in [2.24, 2.45) is 5.92 Å². The Hall–Kier alpha value is -3.27. The van der Waals surface area contributed by atoms with Crippen molar-refractivity contribution in [1.82, 2.24) is 30.2 Å². The molecule has 3 N–H and O–H groups in total. The van der Waals surface area contributed by atoms with Crippen LogP contribution in [0.3, 0.4) is 0 Å². The molecule has 10 heteroatoms. The number of nitrogens with one attached hydrogen (secondary N) is 3. The second-order valence-corrected chi connectivity index (χ2v) is 9.67. The number of aromatic nitrogens is 5. The summed E-state index contributed by atoms with van der Waals surface area (Å²) in [4.78, 5) is 20.7. The Bertz CT molecular complexity index is 1390. The van der Waals surface area contributed by atoms with Crippen molar-refractivity contribution < 1.29 is 13.2 Å². The van der Waals surface area contributed by atoms with Gasteiger partial charge in [0.1, 0.15) is 17.2 Å². The molecule has 1 aliphatic heterocycles. The smallest absolute Gasteiger partial charge is 0.366 e. The summed E-state index contributed by atoms with van der Waals surface area (Å²) in [5.41, 5.74) is 1.65. The summed E-state index contributed by atoms with van der Waals surface area (Å²) in [6.45, 7) is 4.04. The number of anilines is 1. The van der Waals surface area contributed by atoms with Crippen LogP contribution in [0.5, 0.6) is 0 Å². The monoisotopic (exact) mass is 481 g/mol. The number of pyridine rings is 2. The first-order chi connectivity index (χ1) is 16.9. The predicted octanol–water partition coefficient (Wildman–Crippen LogP) is 5.26. The van der Waals surface area contributed by atoms with Crippen LogP contribution in [0.15, 0.2) is 30.7 Å². The van der Waals surface area contributed by atoms with Crippen molar-refractivity contribution in [3.8, 4) is 11.4 Å². The number of alkyl halides is 3. The number of piperidine rings is 1. The summed E-state index contributed by atoms with van der Waals surface area (Å²) in [5.74, 6) is 1.91. The summed E-state index contributed by atoms with van der Waals surface area (Å²) < 4.78 is 40.1. The minimum Gasteiger partial charge on any atom is -0.366 e. The molecule has 1 aliphatic carbocycles. The molecule has 1 saturated carbocycles. The van der Waals surface area contributed by atoms with Gasteiger partial charge in [0.2, 0.25) is 0 Å². The molecule has 2 aliphatic rings. The van der Waals surface area contributed by atoms with E-state index in [0.717, 1.165) is 55.2 Å². The number of hydrogen-bond donors (Lipinski definition) is 3. The molecule has 0 spiro atoms. The van der Waals surface area contributed by atoms with Crippen molar-refractivity contribution in [3.63, 3.8) is 0 Å². The molecular weight excluding hydrogens is 455 g/mol. The molecule has 5 heterocycles. The fourth-order valence-electron chi connectivity index (χ4n) is 5.14. The van der Waals surface area contributed by atoms with E-state index in [0.29, 0.717) is 34.1 Å². The molecule has 0 radical (unpaired) electrons. The van der Waals surface area contributed by atoms with E-state index in [1.807, 2.05) is 6.20 Å². The molecule has 2 fully saturated rings. The summed E-state index contributed by atoms with van der Waals surface area (Å²) >= 11 is 0. The molecule has 2 atom stereocenters. The van der Waals surface area contributed by atoms with Crippen molar-refractivity contribution in [1.29, 1.82) is 0 Å². The van der Waals surface area contributed by atoms with Crippen LogP contribution in [-0.4, -0.2) is 44.1 Å². The van der Waals surface area contributed by atoms with Gasteiger partial charge in [-0.05, 0) is 61.9 Å². The molecular formula is C25H26F3N7. The lowest BCUT2D eigenvalue weighted by Crippen LogP contribution is -2.42. The van der Waals surface area contributed by atoms with Gasteiger partial charge in [-0.25, -0.2) is 15.0 Å². The number of hydrogen-bond acceptors (Lipinski definition) is 6. The highest BCUT2D eigenvalue weighted by Crippen LogP contribution is 2.42. The minimum atomic E-state index is -4.50. The zero-order chi connectivity index (χ0) is 24.2. The van der Waals surface area contributed by atoms with Gasteiger partial charge in [0, 0.05) is 34.8 Å². The Labute approximate surface area is 200 Å². The normalized spacial score (nSPS) is 21.4. The largest absolute Gasteiger partial charge is 0.431 e. The first-order valence-corrected chi connectivity index (χ1v) is 12.1. The molecule has 1 saturated heterocycles. The van der Waals surface area contributed by atoms with E-state index in [4.69, 9.17) is 9.97 Å². The van der Waals surface area contributed by atoms with Crippen molar-refractivity contribution >= 4 is 27.8 Å². The number of aromatic amines is 1. The molecule has 6 rings (SSSR count). The third-order valence-corrected chi connectivity index (χ3v) is 7.37. The molecule has 4 aromatic heterocycles. The average molecular weight is 482 g/mol. The summed E-state index contributed by atoms with van der Waals surface area (Å²) in [6.07, 6.45) is 4.99. The molecule has 0 unspecified atom stereocenters. The molecule has 7 nitrogen and oxygen atoms in total. The summed E-state index contributed by atoms with van der Waals surface area (Å²) in [5, 5.41) is 8.41. The fourth-order valence-corrected chi connectivity index (χ4v) is 5.14. The zero-order valence-corrected chi connectivity index (χ0v) is 19.3.